The third-order valence-electron chi connectivity index (χ3n) is 5.20. The Bertz CT molecular complexity index is 992. The lowest BCUT2D eigenvalue weighted by atomic mass is 10.1. The van der Waals surface area contributed by atoms with E-state index < -0.39 is 0 Å². The molecule has 0 spiro atoms. The predicted molar refractivity (Wildman–Crippen MR) is 107 cm³/mol. The second-order valence-electron chi connectivity index (χ2n) is 7.05. The maximum Gasteiger partial charge on any atom is 0.159 e. The lowest BCUT2D eigenvalue weighted by Crippen LogP contribution is -2.38. The van der Waals surface area contributed by atoms with Crippen LogP contribution in [0.15, 0.2) is 55.0 Å². The van der Waals surface area contributed by atoms with Crippen molar-refractivity contribution < 1.29 is 14.2 Å². The van der Waals surface area contributed by atoms with Crippen LogP contribution in [-0.2, 0) is 4.74 Å². The summed E-state index contributed by atoms with van der Waals surface area (Å²) in [5, 5.41) is 0. The van der Waals surface area contributed by atoms with Crippen LogP contribution in [0.3, 0.4) is 0 Å². The molecule has 0 N–H and O–H groups in total. The van der Waals surface area contributed by atoms with Crippen LogP contribution in [-0.4, -0.2) is 53.7 Å². The topological polar surface area (TPSA) is 48.2 Å². The second kappa shape index (κ2) is 7.66. The lowest BCUT2D eigenvalue weighted by molar-refractivity contribution is 0.0322. The van der Waals surface area contributed by atoms with E-state index in [2.05, 4.69) is 28.1 Å². The average Bonchev–Trinajstić information content (AvgIpc) is 3.22. The molecular weight excluding hydrogens is 354 g/mol. The molecule has 3 aromatic rings. The molecule has 1 unspecified atom stereocenters. The van der Waals surface area contributed by atoms with Crippen LogP contribution in [0.2, 0.25) is 0 Å². The monoisotopic (exact) mass is 377 g/mol. The maximum absolute atomic E-state index is 6.21. The number of morpholine rings is 1. The third-order valence-corrected chi connectivity index (χ3v) is 5.20. The van der Waals surface area contributed by atoms with E-state index in [4.69, 9.17) is 14.2 Å². The van der Waals surface area contributed by atoms with E-state index in [-0.39, 0.29) is 6.10 Å². The number of hydrogen-bond acceptors (Lipinski definition) is 5. The molecule has 4 heterocycles. The highest BCUT2D eigenvalue weighted by Gasteiger charge is 2.19. The Hall–Kier alpha value is -2.83. The quantitative estimate of drug-likeness (QED) is 0.683. The molecule has 144 valence electrons. The Labute approximate surface area is 164 Å². The van der Waals surface area contributed by atoms with Crippen molar-refractivity contribution in [3.8, 4) is 11.5 Å². The average molecular weight is 377 g/mol. The first-order chi connectivity index (χ1) is 13.8. The van der Waals surface area contributed by atoms with Crippen molar-refractivity contribution in [2.24, 2.45) is 0 Å². The number of rotatable bonds is 5. The van der Waals surface area contributed by atoms with Gasteiger partial charge in [0.2, 0.25) is 0 Å². The number of ether oxygens (including phenoxy) is 3. The van der Waals surface area contributed by atoms with Gasteiger partial charge in [-0.25, -0.2) is 4.98 Å². The van der Waals surface area contributed by atoms with E-state index in [0.29, 0.717) is 6.61 Å². The van der Waals surface area contributed by atoms with Gasteiger partial charge in [0.1, 0.15) is 18.1 Å². The molecule has 0 radical (unpaired) electrons. The number of hydrogen-bond donors (Lipinski definition) is 0. The second-order valence-corrected chi connectivity index (χ2v) is 7.05. The SMILES string of the molecule is C1=CC(c2cc3cccn3cn2)Oc2cc(OCCN3CCOCC3)ccc21. The Morgan fingerprint density at radius 1 is 1.14 bits per heavy atom. The summed E-state index contributed by atoms with van der Waals surface area (Å²) in [5.74, 6) is 1.66. The molecule has 28 heavy (non-hydrogen) atoms. The Balaban J connectivity index is 1.26. The number of aromatic nitrogens is 2. The summed E-state index contributed by atoms with van der Waals surface area (Å²) in [6.45, 7) is 5.13. The molecule has 0 saturated carbocycles. The molecule has 6 nitrogen and oxygen atoms in total. The van der Waals surface area contributed by atoms with Crippen molar-refractivity contribution in [3.05, 3.63) is 66.3 Å². The molecule has 1 saturated heterocycles. The van der Waals surface area contributed by atoms with E-state index in [1.807, 2.05) is 47.3 Å². The van der Waals surface area contributed by atoms with Gasteiger partial charge < -0.3 is 18.6 Å². The minimum absolute atomic E-state index is 0.198. The van der Waals surface area contributed by atoms with E-state index >= 15 is 0 Å². The van der Waals surface area contributed by atoms with Gasteiger partial charge in [0.05, 0.1) is 25.2 Å². The van der Waals surface area contributed by atoms with Gasteiger partial charge in [-0.1, -0.05) is 6.08 Å². The highest BCUT2D eigenvalue weighted by atomic mass is 16.5. The van der Waals surface area contributed by atoms with Crippen LogP contribution in [0.5, 0.6) is 11.5 Å². The van der Waals surface area contributed by atoms with Gasteiger partial charge in [0.15, 0.2) is 6.10 Å². The van der Waals surface area contributed by atoms with E-state index in [1.54, 1.807) is 0 Å². The largest absolute Gasteiger partial charge is 0.492 e. The summed E-state index contributed by atoms with van der Waals surface area (Å²) in [7, 11) is 0. The zero-order valence-electron chi connectivity index (χ0n) is 15.7. The van der Waals surface area contributed by atoms with Gasteiger partial charge >= 0.3 is 0 Å². The van der Waals surface area contributed by atoms with E-state index in [1.165, 1.54) is 0 Å². The van der Waals surface area contributed by atoms with Gasteiger partial charge in [-0.05, 0) is 36.4 Å². The first-order valence-corrected chi connectivity index (χ1v) is 9.70. The minimum atomic E-state index is -0.198. The van der Waals surface area contributed by atoms with Crippen LogP contribution in [0.25, 0.3) is 11.6 Å². The zero-order valence-corrected chi connectivity index (χ0v) is 15.7. The van der Waals surface area contributed by atoms with Crippen LogP contribution in [0, 0.1) is 0 Å². The van der Waals surface area contributed by atoms with Crippen LogP contribution in [0.1, 0.15) is 17.4 Å². The minimum Gasteiger partial charge on any atom is -0.492 e. The Morgan fingerprint density at radius 3 is 3.00 bits per heavy atom. The fourth-order valence-electron chi connectivity index (χ4n) is 3.60. The molecule has 2 aliphatic rings. The molecule has 1 aromatic carbocycles. The smallest absolute Gasteiger partial charge is 0.159 e. The first kappa shape index (κ1) is 17.3. The van der Waals surface area contributed by atoms with Gasteiger partial charge in [0.25, 0.3) is 0 Å². The lowest BCUT2D eigenvalue weighted by Gasteiger charge is -2.26. The summed E-state index contributed by atoms with van der Waals surface area (Å²) in [6, 6.07) is 12.1. The van der Waals surface area contributed by atoms with Gasteiger partial charge in [-0.15, -0.1) is 0 Å². The summed E-state index contributed by atoms with van der Waals surface area (Å²) in [6.07, 6.45) is 7.74. The van der Waals surface area contributed by atoms with E-state index in [9.17, 15) is 0 Å². The molecule has 0 aliphatic carbocycles. The van der Waals surface area contributed by atoms with Crippen molar-refractivity contribution in [1.29, 1.82) is 0 Å². The van der Waals surface area contributed by atoms with Crippen molar-refractivity contribution in [2.75, 3.05) is 39.5 Å². The molecule has 6 heteroatoms. The summed E-state index contributed by atoms with van der Waals surface area (Å²) in [5.41, 5.74) is 3.06. The molecule has 2 aromatic heterocycles. The molecular formula is C22H23N3O3. The maximum atomic E-state index is 6.21. The van der Waals surface area contributed by atoms with Crippen molar-refractivity contribution in [3.63, 3.8) is 0 Å². The third kappa shape index (κ3) is 3.61. The van der Waals surface area contributed by atoms with Crippen LogP contribution in [0.4, 0.5) is 0 Å². The van der Waals surface area contributed by atoms with Crippen molar-refractivity contribution in [2.45, 2.75) is 6.10 Å². The zero-order chi connectivity index (χ0) is 18.8. The molecule has 0 amide bonds. The molecule has 1 fully saturated rings. The van der Waals surface area contributed by atoms with Gasteiger partial charge in [-0.3, -0.25) is 4.90 Å². The summed E-state index contributed by atoms with van der Waals surface area (Å²) < 4.78 is 19.5. The molecule has 2 aliphatic heterocycles. The molecule has 5 rings (SSSR count). The number of fused-ring (bicyclic) bond motifs is 2. The molecule has 0 bridgehead atoms. The van der Waals surface area contributed by atoms with Crippen molar-refractivity contribution in [1.82, 2.24) is 14.3 Å². The fourth-order valence-corrected chi connectivity index (χ4v) is 3.60. The van der Waals surface area contributed by atoms with Gasteiger partial charge in [-0.2, -0.15) is 0 Å². The number of nitrogens with zero attached hydrogens (tertiary/aromatic N) is 3. The standard InChI is InChI=1S/C22H23N3O3/c1-2-18-14-20(23-16-25(18)7-1)21-6-4-17-3-5-19(15-22(17)28-21)27-13-10-24-8-11-26-12-9-24/h1-7,14-16,21H,8-13H2. The summed E-state index contributed by atoms with van der Waals surface area (Å²) in [4.78, 5) is 6.90. The fraction of sp³-hybridized carbons (Fsp3) is 0.318. The first-order valence-electron chi connectivity index (χ1n) is 9.70. The molecule has 1 atom stereocenters. The Kier molecular flexibility index (Phi) is 4.72. The highest BCUT2D eigenvalue weighted by molar-refractivity contribution is 5.62. The van der Waals surface area contributed by atoms with Crippen LogP contribution >= 0.6 is 0 Å². The van der Waals surface area contributed by atoms with E-state index in [0.717, 1.165) is 61.1 Å². The van der Waals surface area contributed by atoms with Gasteiger partial charge in [0, 0.05) is 43.0 Å². The Morgan fingerprint density at radius 2 is 2.07 bits per heavy atom. The predicted octanol–water partition coefficient (Wildman–Crippen LogP) is 3.19. The normalized spacial score (nSPS) is 19.4. The highest BCUT2D eigenvalue weighted by Crippen LogP contribution is 2.34. The van der Waals surface area contributed by atoms with Crippen LogP contribution < -0.4 is 9.47 Å². The summed E-state index contributed by atoms with van der Waals surface area (Å²) >= 11 is 0. The van der Waals surface area contributed by atoms with Crippen molar-refractivity contribution >= 4 is 11.6 Å². The number of benzene rings is 1.